The number of furan rings is 1. The zero-order chi connectivity index (χ0) is 13.5. The number of nitrogens with one attached hydrogen (secondary N) is 2. The zero-order valence-electron chi connectivity index (χ0n) is 9.38. The van der Waals surface area contributed by atoms with Crippen molar-refractivity contribution in [3.63, 3.8) is 0 Å². The molecule has 8 nitrogen and oxygen atoms in total. The Balaban J connectivity index is 2.41. The van der Waals surface area contributed by atoms with Gasteiger partial charge in [0.25, 0.3) is 0 Å². The monoisotopic (exact) mass is 255 g/mol. The number of rotatable bonds is 6. The van der Waals surface area contributed by atoms with Gasteiger partial charge in [0.05, 0.1) is 19.2 Å². The summed E-state index contributed by atoms with van der Waals surface area (Å²) in [6.07, 6.45) is 0.978. The minimum Gasteiger partial charge on any atom is -0.480 e. The molecule has 0 radical (unpaired) electrons. The number of carboxylic acid groups (broad SMARTS) is 1. The average Bonchev–Trinajstić information content (AvgIpc) is 2.77. The third kappa shape index (κ3) is 4.56. The average molecular weight is 255 g/mol. The molecule has 0 aliphatic rings. The van der Waals surface area contributed by atoms with E-state index in [1.165, 1.54) is 6.26 Å². The van der Waals surface area contributed by atoms with E-state index in [4.69, 9.17) is 15.3 Å². The maximum Gasteiger partial charge on any atom is 0.326 e. The molecule has 18 heavy (non-hydrogen) atoms. The maximum absolute atomic E-state index is 11.4. The van der Waals surface area contributed by atoms with Crippen LogP contribution in [-0.4, -0.2) is 29.1 Å². The Morgan fingerprint density at radius 1 is 1.44 bits per heavy atom. The van der Waals surface area contributed by atoms with Gasteiger partial charge in [-0.05, 0) is 12.1 Å². The van der Waals surface area contributed by atoms with Crippen LogP contribution in [0.1, 0.15) is 12.2 Å². The summed E-state index contributed by atoms with van der Waals surface area (Å²) in [5.41, 5.74) is 4.87. The lowest BCUT2D eigenvalue weighted by Crippen LogP contribution is -2.47. The first kappa shape index (κ1) is 13.6. The number of urea groups is 1. The number of carboxylic acids is 1. The summed E-state index contributed by atoms with van der Waals surface area (Å²) in [6, 6.07) is 1.24. The van der Waals surface area contributed by atoms with Gasteiger partial charge in [-0.25, -0.2) is 9.59 Å². The van der Waals surface area contributed by atoms with Gasteiger partial charge in [-0.2, -0.15) is 0 Å². The predicted molar refractivity (Wildman–Crippen MR) is 59.3 cm³/mol. The van der Waals surface area contributed by atoms with E-state index in [1.54, 1.807) is 12.1 Å². The fraction of sp³-hybridized carbons (Fsp3) is 0.300. The minimum atomic E-state index is -1.35. The van der Waals surface area contributed by atoms with Crippen LogP contribution < -0.4 is 16.4 Å². The highest BCUT2D eigenvalue weighted by molar-refractivity contribution is 5.87. The molecular formula is C10H13N3O5. The van der Waals surface area contributed by atoms with Crippen molar-refractivity contribution in [2.75, 3.05) is 0 Å². The Hall–Kier alpha value is -2.51. The van der Waals surface area contributed by atoms with E-state index in [9.17, 15) is 14.4 Å². The highest BCUT2D eigenvalue weighted by atomic mass is 16.4. The van der Waals surface area contributed by atoms with Crippen molar-refractivity contribution < 1.29 is 23.9 Å². The molecule has 0 unspecified atom stereocenters. The van der Waals surface area contributed by atoms with Crippen molar-refractivity contribution in [1.29, 1.82) is 0 Å². The van der Waals surface area contributed by atoms with Crippen LogP contribution in [0.15, 0.2) is 22.8 Å². The second-order valence-electron chi connectivity index (χ2n) is 3.47. The Morgan fingerprint density at radius 3 is 2.67 bits per heavy atom. The third-order valence-corrected chi connectivity index (χ3v) is 2.01. The second kappa shape index (κ2) is 6.28. The number of hydrogen-bond donors (Lipinski definition) is 4. The largest absolute Gasteiger partial charge is 0.480 e. The molecule has 3 amide bonds. The van der Waals surface area contributed by atoms with Crippen molar-refractivity contribution in [3.05, 3.63) is 24.2 Å². The van der Waals surface area contributed by atoms with Crippen LogP contribution >= 0.6 is 0 Å². The number of carbonyl (C=O) groups is 3. The van der Waals surface area contributed by atoms with Crippen LogP contribution in [0, 0.1) is 0 Å². The summed E-state index contributed by atoms with van der Waals surface area (Å²) < 4.78 is 4.97. The summed E-state index contributed by atoms with van der Waals surface area (Å²) in [7, 11) is 0. The van der Waals surface area contributed by atoms with E-state index in [0.29, 0.717) is 5.76 Å². The lowest BCUT2D eigenvalue weighted by atomic mass is 10.2. The van der Waals surface area contributed by atoms with Crippen LogP contribution in [0.4, 0.5) is 4.79 Å². The molecular weight excluding hydrogens is 242 g/mol. The maximum atomic E-state index is 11.4. The fourth-order valence-corrected chi connectivity index (χ4v) is 1.19. The van der Waals surface area contributed by atoms with Crippen LogP contribution in [0.5, 0.6) is 0 Å². The number of aliphatic carboxylic acids is 1. The lowest BCUT2D eigenvalue weighted by Gasteiger charge is -2.13. The molecule has 5 N–H and O–H groups in total. The molecule has 0 spiro atoms. The third-order valence-electron chi connectivity index (χ3n) is 2.01. The van der Waals surface area contributed by atoms with Gasteiger partial charge in [-0.15, -0.1) is 0 Å². The Morgan fingerprint density at radius 2 is 2.17 bits per heavy atom. The smallest absolute Gasteiger partial charge is 0.326 e. The number of hydrogen-bond acceptors (Lipinski definition) is 4. The molecule has 0 aliphatic heterocycles. The quantitative estimate of drug-likeness (QED) is 0.538. The SMILES string of the molecule is NC(=O)C[C@H](NC(=O)NCc1ccco1)C(=O)O. The van der Waals surface area contributed by atoms with Gasteiger partial charge in [0.2, 0.25) is 5.91 Å². The van der Waals surface area contributed by atoms with Crippen LogP contribution in [0.25, 0.3) is 0 Å². The van der Waals surface area contributed by atoms with E-state index in [2.05, 4.69) is 10.6 Å². The number of nitrogens with two attached hydrogens (primary N) is 1. The van der Waals surface area contributed by atoms with Crippen molar-refractivity contribution in [2.45, 2.75) is 19.0 Å². The molecule has 0 saturated carbocycles. The van der Waals surface area contributed by atoms with Crippen molar-refractivity contribution >= 4 is 17.9 Å². The van der Waals surface area contributed by atoms with Gasteiger partial charge in [0, 0.05) is 0 Å². The summed E-state index contributed by atoms with van der Waals surface area (Å²) in [5.74, 6) is -1.62. The van der Waals surface area contributed by atoms with E-state index in [-0.39, 0.29) is 6.54 Å². The Bertz CT molecular complexity index is 429. The summed E-state index contributed by atoms with van der Waals surface area (Å²) in [6.45, 7) is 0.113. The van der Waals surface area contributed by atoms with E-state index < -0.39 is 30.4 Å². The van der Waals surface area contributed by atoms with E-state index in [0.717, 1.165) is 0 Å². The highest BCUT2D eigenvalue weighted by Crippen LogP contribution is 1.98. The van der Waals surface area contributed by atoms with Gasteiger partial charge in [0.15, 0.2) is 0 Å². The van der Waals surface area contributed by atoms with Crippen molar-refractivity contribution in [3.8, 4) is 0 Å². The molecule has 98 valence electrons. The first-order valence-corrected chi connectivity index (χ1v) is 5.07. The van der Waals surface area contributed by atoms with Crippen molar-refractivity contribution in [1.82, 2.24) is 10.6 Å². The molecule has 0 bridgehead atoms. The predicted octanol–water partition coefficient (Wildman–Crippen LogP) is -0.593. The molecule has 0 aliphatic carbocycles. The molecule has 1 rings (SSSR count). The van der Waals surface area contributed by atoms with Crippen molar-refractivity contribution in [2.24, 2.45) is 5.73 Å². The van der Waals surface area contributed by atoms with Gasteiger partial charge in [0.1, 0.15) is 11.8 Å². The Kier molecular flexibility index (Phi) is 4.73. The molecule has 0 fully saturated rings. The van der Waals surface area contributed by atoms with E-state index in [1.807, 2.05) is 0 Å². The molecule has 0 saturated heterocycles. The number of primary amides is 1. The summed E-state index contributed by atoms with van der Waals surface area (Å²) in [4.78, 5) is 32.7. The van der Waals surface area contributed by atoms with Gasteiger partial charge < -0.3 is 25.9 Å². The zero-order valence-corrected chi connectivity index (χ0v) is 9.38. The standard InChI is InChI=1S/C10H13N3O5/c11-8(14)4-7(9(15)16)13-10(17)12-5-6-2-1-3-18-6/h1-3,7H,4-5H2,(H2,11,14)(H,15,16)(H2,12,13,17)/t7-/m0/s1. The first-order valence-electron chi connectivity index (χ1n) is 5.07. The van der Waals surface area contributed by atoms with Crippen LogP contribution in [-0.2, 0) is 16.1 Å². The van der Waals surface area contributed by atoms with E-state index >= 15 is 0 Å². The first-order chi connectivity index (χ1) is 8.49. The molecule has 8 heteroatoms. The topological polar surface area (TPSA) is 135 Å². The second-order valence-corrected chi connectivity index (χ2v) is 3.47. The lowest BCUT2D eigenvalue weighted by molar-refractivity contribution is -0.140. The number of carbonyl (C=O) groups excluding carboxylic acids is 2. The molecule has 1 aromatic rings. The van der Waals surface area contributed by atoms with Crippen LogP contribution in [0.2, 0.25) is 0 Å². The molecule has 1 atom stereocenters. The molecule has 1 aromatic heterocycles. The fourth-order valence-electron chi connectivity index (χ4n) is 1.19. The van der Waals surface area contributed by atoms with Gasteiger partial charge >= 0.3 is 12.0 Å². The minimum absolute atomic E-state index is 0.113. The number of amides is 3. The Labute approximate surface area is 102 Å². The molecule has 1 heterocycles. The summed E-state index contributed by atoms with van der Waals surface area (Å²) in [5, 5.41) is 13.3. The molecule has 0 aromatic carbocycles. The summed E-state index contributed by atoms with van der Waals surface area (Å²) >= 11 is 0. The highest BCUT2D eigenvalue weighted by Gasteiger charge is 2.21. The van der Waals surface area contributed by atoms with Gasteiger partial charge in [-0.1, -0.05) is 0 Å². The normalized spacial score (nSPS) is 11.6. The van der Waals surface area contributed by atoms with Gasteiger partial charge in [-0.3, -0.25) is 4.79 Å². The van der Waals surface area contributed by atoms with Crippen LogP contribution in [0.3, 0.4) is 0 Å².